The van der Waals surface area contributed by atoms with Crippen molar-refractivity contribution in [3.63, 3.8) is 0 Å². The number of rotatable bonds is 14. The molecule has 2 aromatic rings. The van der Waals surface area contributed by atoms with E-state index in [2.05, 4.69) is 55.2 Å². The molecule has 0 N–H and O–H groups in total. The van der Waals surface area contributed by atoms with Gasteiger partial charge in [0.05, 0.1) is 13.2 Å². The molecule has 3 atom stereocenters. The highest BCUT2D eigenvalue weighted by molar-refractivity contribution is 5.94. The molecule has 3 unspecified atom stereocenters. The first-order valence-corrected chi connectivity index (χ1v) is 15.5. The quantitative estimate of drug-likeness (QED) is 0.225. The van der Waals surface area contributed by atoms with Crippen molar-refractivity contribution < 1.29 is 14.1 Å². The van der Waals surface area contributed by atoms with Crippen LogP contribution in [-0.2, 0) is 23.1 Å². The number of amides is 1. The Balaban J connectivity index is 1.48. The Kier molecular flexibility index (Phi) is 11.4. The fourth-order valence-electron chi connectivity index (χ4n) is 6.17. The molecule has 1 fully saturated rings. The van der Waals surface area contributed by atoms with Crippen molar-refractivity contribution in [3.8, 4) is 0 Å². The van der Waals surface area contributed by atoms with E-state index in [4.69, 9.17) is 4.74 Å². The SMILES string of the molecule is CCCCOC1=CCCC(C2CC(CCn3cccn3)N(CC(=O)N(CCCC)c3ccc[n+](C)c3)C2)C=C1C. The van der Waals surface area contributed by atoms with E-state index < -0.39 is 0 Å². The van der Waals surface area contributed by atoms with Crippen molar-refractivity contribution in [1.29, 1.82) is 0 Å². The standard InChI is InChI=1S/C33H50N5O2/c1-5-7-19-38(31-13-10-17-35(4)25-31)33(39)26-36-24-29(23-30(36)15-20-37-18-11-16-34-37)28-12-9-14-32(27(3)22-28)40-21-8-6-2/h10-11,13-14,16-18,22,25,28-30H,5-9,12,15,19-21,23-24,26H2,1-4H3/q+1. The minimum atomic E-state index is 0.199. The zero-order valence-electron chi connectivity index (χ0n) is 25.2. The van der Waals surface area contributed by atoms with E-state index in [0.717, 1.165) is 89.1 Å². The van der Waals surface area contributed by atoms with Gasteiger partial charge in [-0.25, -0.2) is 4.57 Å². The summed E-state index contributed by atoms with van der Waals surface area (Å²) < 4.78 is 10.2. The molecule has 2 aliphatic rings. The predicted octanol–water partition coefficient (Wildman–Crippen LogP) is 5.68. The first kappa shape index (κ1) is 30.0. The average molecular weight is 549 g/mol. The van der Waals surface area contributed by atoms with Crippen LogP contribution >= 0.6 is 0 Å². The molecule has 0 bridgehead atoms. The van der Waals surface area contributed by atoms with Gasteiger partial charge in [-0.15, -0.1) is 0 Å². The van der Waals surface area contributed by atoms with Crippen molar-refractivity contribution in [2.45, 2.75) is 84.7 Å². The number of hydrogen-bond acceptors (Lipinski definition) is 4. The third-order valence-corrected chi connectivity index (χ3v) is 8.46. The van der Waals surface area contributed by atoms with Crippen LogP contribution in [0.2, 0.25) is 0 Å². The van der Waals surface area contributed by atoms with Crippen molar-refractivity contribution in [2.75, 3.05) is 31.1 Å². The van der Waals surface area contributed by atoms with Crippen molar-refractivity contribution in [3.05, 3.63) is 66.5 Å². The molecule has 1 saturated heterocycles. The fraction of sp³-hybridized carbons (Fsp3) is 0.606. The number of carbonyl (C=O) groups excluding carboxylic acids is 1. The number of anilines is 1. The Morgan fingerprint density at radius 3 is 2.83 bits per heavy atom. The number of ether oxygens (including phenoxy) is 1. The van der Waals surface area contributed by atoms with Gasteiger partial charge in [0.25, 0.3) is 0 Å². The van der Waals surface area contributed by atoms with E-state index in [-0.39, 0.29) is 5.91 Å². The topological polar surface area (TPSA) is 54.5 Å². The minimum Gasteiger partial charge on any atom is -0.494 e. The van der Waals surface area contributed by atoms with Gasteiger partial charge < -0.3 is 9.64 Å². The number of likely N-dealkylation sites (tertiary alicyclic amines) is 1. The Morgan fingerprint density at radius 1 is 1.23 bits per heavy atom. The summed E-state index contributed by atoms with van der Waals surface area (Å²) in [5, 5.41) is 4.43. The summed E-state index contributed by atoms with van der Waals surface area (Å²) >= 11 is 0. The fourth-order valence-corrected chi connectivity index (χ4v) is 6.17. The summed E-state index contributed by atoms with van der Waals surface area (Å²) in [6.45, 7) is 10.4. The van der Waals surface area contributed by atoms with Crippen molar-refractivity contribution in [2.24, 2.45) is 18.9 Å². The monoisotopic (exact) mass is 548 g/mol. The summed E-state index contributed by atoms with van der Waals surface area (Å²) in [6.07, 6.45) is 21.3. The van der Waals surface area contributed by atoms with Crippen molar-refractivity contribution in [1.82, 2.24) is 14.7 Å². The molecule has 40 heavy (non-hydrogen) atoms. The van der Waals surface area contributed by atoms with Crippen LogP contribution in [0.5, 0.6) is 0 Å². The summed E-state index contributed by atoms with van der Waals surface area (Å²) in [6, 6.07) is 6.43. The lowest BCUT2D eigenvalue weighted by molar-refractivity contribution is -0.670. The zero-order valence-corrected chi connectivity index (χ0v) is 25.2. The third kappa shape index (κ3) is 8.29. The molecule has 0 aromatic carbocycles. The number of unbranched alkanes of at least 4 members (excludes halogenated alkanes) is 2. The number of hydrogen-bond donors (Lipinski definition) is 0. The van der Waals surface area contributed by atoms with Gasteiger partial charge in [-0.2, -0.15) is 5.10 Å². The van der Waals surface area contributed by atoms with Gasteiger partial charge in [-0.3, -0.25) is 14.4 Å². The number of pyridine rings is 1. The molecule has 0 radical (unpaired) electrons. The average Bonchev–Trinajstić information content (AvgIpc) is 3.56. The number of carbonyl (C=O) groups is 1. The second kappa shape index (κ2) is 15.2. The molecule has 0 spiro atoms. The van der Waals surface area contributed by atoms with Crippen LogP contribution in [0.1, 0.15) is 72.1 Å². The highest BCUT2D eigenvalue weighted by Crippen LogP contribution is 2.37. The molecule has 1 aliphatic heterocycles. The molecule has 7 heteroatoms. The highest BCUT2D eigenvalue weighted by Gasteiger charge is 2.37. The van der Waals surface area contributed by atoms with E-state index in [1.807, 2.05) is 51.9 Å². The second-order valence-corrected chi connectivity index (χ2v) is 11.6. The van der Waals surface area contributed by atoms with Crippen LogP contribution in [0.15, 0.2) is 66.5 Å². The van der Waals surface area contributed by atoms with Gasteiger partial charge in [0, 0.05) is 44.1 Å². The highest BCUT2D eigenvalue weighted by atomic mass is 16.5. The normalized spacial score (nSPS) is 21.6. The van der Waals surface area contributed by atoms with E-state index in [0.29, 0.717) is 24.4 Å². The summed E-state index contributed by atoms with van der Waals surface area (Å²) in [7, 11) is 2.01. The lowest BCUT2D eigenvalue weighted by Crippen LogP contribution is -2.44. The van der Waals surface area contributed by atoms with E-state index >= 15 is 0 Å². The van der Waals surface area contributed by atoms with Gasteiger partial charge in [-0.05, 0) is 81.1 Å². The van der Waals surface area contributed by atoms with Crippen LogP contribution in [0, 0.1) is 11.8 Å². The largest absolute Gasteiger partial charge is 0.494 e. The zero-order chi connectivity index (χ0) is 28.3. The molecule has 0 saturated carbocycles. The molecule has 7 nitrogen and oxygen atoms in total. The maximum atomic E-state index is 13.9. The molecule has 2 aromatic heterocycles. The van der Waals surface area contributed by atoms with Crippen LogP contribution in [0.4, 0.5) is 5.69 Å². The van der Waals surface area contributed by atoms with Crippen LogP contribution in [-0.4, -0.2) is 52.9 Å². The Labute approximate surface area is 241 Å². The number of aromatic nitrogens is 3. The van der Waals surface area contributed by atoms with E-state index in [1.165, 1.54) is 5.57 Å². The molecule has 1 aliphatic carbocycles. The molecular formula is C33H50N5O2+. The predicted molar refractivity (Wildman–Crippen MR) is 161 cm³/mol. The lowest BCUT2D eigenvalue weighted by Gasteiger charge is -2.28. The first-order valence-electron chi connectivity index (χ1n) is 15.5. The lowest BCUT2D eigenvalue weighted by atomic mass is 9.86. The van der Waals surface area contributed by atoms with Crippen molar-refractivity contribution >= 4 is 11.6 Å². The molecule has 4 rings (SSSR count). The molecular weight excluding hydrogens is 498 g/mol. The Morgan fingerprint density at radius 2 is 2.08 bits per heavy atom. The van der Waals surface area contributed by atoms with Gasteiger partial charge in [0.2, 0.25) is 5.91 Å². The van der Waals surface area contributed by atoms with Gasteiger partial charge in [0.1, 0.15) is 18.5 Å². The molecule has 1 amide bonds. The third-order valence-electron chi connectivity index (χ3n) is 8.46. The van der Waals surface area contributed by atoms with Crippen LogP contribution < -0.4 is 9.47 Å². The van der Waals surface area contributed by atoms with Crippen LogP contribution in [0.3, 0.4) is 0 Å². The van der Waals surface area contributed by atoms with Gasteiger partial charge in [0.15, 0.2) is 12.4 Å². The van der Waals surface area contributed by atoms with Gasteiger partial charge >= 0.3 is 0 Å². The number of aryl methyl sites for hydroxylation is 2. The number of allylic oxidation sites excluding steroid dienone is 3. The Bertz CT molecular complexity index is 1130. The van der Waals surface area contributed by atoms with Crippen LogP contribution in [0.25, 0.3) is 0 Å². The first-order chi connectivity index (χ1) is 19.5. The summed E-state index contributed by atoms with van der Waals surface area (Å²) in [5.74, 6) is 2.30. The molecule has 218 valence electrons. The summed E-state index contributed by atoms with van der Waals surface area (Å²) in [5.41, 5.74) is 2.25. The minimum absolute atomic E-state index is 0.199. The smallest absolute Gasteiger partial charge is 0.241 e. The molecule has 3 heterocycles. The van der Waals surface area contributed by atoms with Gasteiger partial charge in [-0.1, -0.05) is 32.8 Å². The second-order valence-electron chi connectivity index (χ2n) is 11.6. The van der Waals surface area contributed by atoms with E-state index in [9.17, 15) is 4.79 Å². The summed E-state index contributed by atoms with van der Waals surface area (Å²) in [4.78, 5) is 18.3. The maximum absolute atomic E-state index is 13.9. The van der Waals surface area contributed by atoms with E-state index in [1.54, 1.807) is 0 Å². The Hall–Kier alpha value is -2.93. The number of nitrogens with zero attached hydrogens (tertiary/aromatic N) is 5. The maximum Gasteiger partial charge on any atom is 0.241 e.